The van der Waals surface area contributed by atoms with E-state index in [1.54, 1.807) is 7.11 Å². The van der Waals surface area contributed by atoms with Gasteiger partial charge in [0.2, 0.25) is 0 Å². The summed E-state index contributed by atoms with van der Waals surface area (Å²) >= 11 is 11.7. The molecule has 2 unspecified atom stereocenters. The number of hydrogen-bond acceptors (Lipinski definition) is 3. The lowest BCUT2D eigenvalue weighted by molar-refractivity contribution is -0.0497. The highest BCUT2D eigenvalue weighted by Gasteiger charge is 2.16. The van der Waals surface area contributed by atoms with E-state index in [0.29, 0.717) is 5.69 Å². The molecule has 108 valence electrons. The maximum absolute atomic E-state index is 12.2. The van der Waals surface area contributed by atoms with Crippen molar-refractivity contribution in [3.05, 3.63) is 22.2 Å². The third-order valence-corrected chi connectivity index (χ3v) is 3.24. The monoisotopic (exact) mass is 313 g/mol. The molecule has 0 spiro atoms. The van der Waals surface area contributed by atoms with Crippen LogP contribution in [0, 0.1) is 0 Å². The highest BCUT2D eigenvalue weighted by atomic mass is 35.5. The van der Waals surface area contributed by atoms with Gasteiger partial charge >= 0.3 is 6.61 Å². The maximum atomic E-state index is 12.2. The van der Waals surface area contributed by atoms with Crippen LogP contribution in [-0.4, -0.2) is 25.9 Å². The molecule has 0 saturated carbocycles. The van der Waals surface area contributed by atoms with Crippen LogP contribution in [0.5, 0.6) is 5.75 Å². The predicted molar refractivity (Wildman–Crippen MR) is 72.6 cm³/mol. The van der Waals surface area contributed by atoms with E-state index in [-0.39, 0.29) is 27.9 Å². The van der Waals surface area contributed by atoms with Crippen molar-refractivity contribution in [3.63, 3.8) is 0 Å². The maximum Gasteiger partial charge on any atom is 0.387 e. The number of nitrogens with one attached hydrogen (secondary N) is 1. The van der Waals surface area contributed by atoms with Gasteiger partial charge in [-0.05, 0) is 26.0 Å². The standard InChI is InChI=1S/C12H15Cl2F2NO2/c1-6(7(2)18-3)17-8-4-9(13)11(10(14)5-8)19-12(15)16/h4-7,12,17H,1-3H3. The zero-order chi connectivity index (χ0) is 14.6. The number of hydrogen-bond donors (Lipinski definition) is 1. The highest BCUT2D eigenvalue weighted by molar-refractivity contribution is 6.37. The smallest absolute Gasteiger partial charge is 0.387 e. The van der Waals surface area contributed by atoms with Crippen LogP contribution in [0.2, 0.25) is 10.0 Å². The van der Waals surface area contributed by atoms with Crippen LogP contribution in [-0.2, 0) is 4.74 Å². The third-order valence-electron chi connectivity index (χ3n) is 2.68. The molecule has 0 radical (unpaired) electrons. The molecule has 7 heteroatoms. The second-order valence-corrected chi connectivity index (χ2v) is 4.84. The first-order valence-electron chi connectivity index (χ1n) is 5.58. The number of ether oxygens (including phenoxy) is 2. The molecule has 1 aromatic rings. The first-order chi connectivity index (χ1) is 8.85. The Balaban J connectivity index is 2.88. The summed E-state index contributed by atoms with van der Waals surface area (Å²) in [5.41, 5.74) is 0.605. The van der Waals surface area contributed by atoms with E-state index in [4.69, 9.17) is 27.9 Å². The van der Waals surface area contributed by atoms with Gasteiger partial charge in [0.15, 0.2) is 5.75 Å². The number of halogens is 4. The normalized spacial score (nSPS) is 14.3. The summed E-state index contributed by atoms with van der Waals surface area (Å²) in [5.74, 6) is -0.226. The number of alkyl halides is 2. The van der Waals surface area contributed by atoms with Crippen LogP contribution >= 0.6 is 23.2 Å². The Morgan fingerprint density at radius 2 is 1.68 bits per heavy atom. The Bertz CT molecular complexity index is 409. The summed E-state index contributed by atoms with van der Waals surface area (Å²) < 4.78 is 33.8. The molecule has 19 heavy (non-hydrogen) atoms. The fourth-order valence-corrected chi connectivity index (χ4v) is 2.01. The first-order valence-corrected chi connectivity index (χ1v) is 6.34. The van der Waals surface area contributed by atoms with Crippen LogP contribution < -0.4 is 10.1 Å². The van der Waals surface area contributed by atoms with Crippen molar-refractivity contribution >= 4 is 28.9 Å². The molecule has 0 amide bonds. The van der Waals surface area contributed by atoms with Crippen LogP contribution in [0.15, 0.2) is 12.1 Å². The lowest BCUT2D eigenvalue weighted by Gasteiger charge is -2.21. The molecule has 2 atom stereocenters. The summed E-state index contributed by atoms with van der Waals surface area (Å²) in [6, 6.07) is 2.95. The molecule has 1 aromatic carbocycles. The van der Waals surface area contributed by atoms with Gasteiger partial charge in [-0.1, -0.05) is 23.2 Å². The second-order valence-electron chi connectivity index (χ2n) is 4.02. The van der Waals surface area contributed by atoms with E-state index in [2.05, 4.69) is 10.1 Å². The van der Waals surface area contributed by atoms with Crippen molar-refractivity contribution in [2.75, 3.05) is 12.4 Å². The van der Waals surface area contributed by atoms with Crippen LogP contribution in [0.3, 0.4) is 0 Å². The van der Waals surface area contributed by atoms with E-state index in [1.807, 2.05) is 13.8 Å². The van der Waals surface area contributed by atoms with Gasteiger partial charge in [0.25, 0.3) is 0 Å². The summed E-state index contributed by atoms with van der Waals surface area (Å²) in [5, 5.41) is 3.16. The summed E-state index contributed by atoms with van der Waals surface area (Å²) in [6.07, 6.45) is -0.0328. The van der Waals surface area contributed by atoms with E-state index < -0.39 is 6.61 Å². The highest BCUT2D eigenvalue weighted by Crippen LogP contribution is 2.37. The van der Waals surface area contributed by atoms with Crippen molar-refractivity contribution in [2.24, 2.45) is 0 Å². The Labute approximate surface area is 120 Å². The fraction of sp³-hybridized carbons (Fsp3) is 0.500. The molecule has 3 nitrogen and oxygen atoms in total. The predicted octanol–water partition coefficient (Wildman–Crippen LogP) is 4.43. The molecular formula is C12H15Cl2F2NO2. The second kappa shape index (κ2) is 7.12. The molecular weight excluding hydrogens is 299 g/mol. The number of rotatable bonds is 6. The number of methoxy groups -OCH3 is 1. The van der Waals surface area contributed by atoms with Gasteiger partial charge in [0.05, 0.1) is 16.1 Å². The average Bonchev–Trinajstić information content (AvgIpc) is 2.32. The molecule has 0 heterocycles. The number of benzene rings is 1. The van der Waals surface area contributed by atoms with Crippen LogP contribution in [0.1, 0.15) is 13.8 Å². The van der Waals surface area contributed by atoms with E-state index >= 15 is 0 Å². The minimum Gasteiger partial charge on any atom is -0.432 e. The summed E-state index contributed by atoms with van der Waals surface area (Å²) in [4.78, 5) is 0. The van der Waals surface area contributed by atoms with Crippen molar-refractivity contribution in [1.29, 1.82) is 0 Å². The van der Waals surface area contributed by atoms with Gasteiger partial charge in [0, 0.05) is 18.8 Å². The van der Waals surface area contributed by atoms with E-state index in [0.717, 1.165) is 0 Å². The Morgan fingerprint density at radius 1 is 1.16 bits per heavy atom. The van der Waals surface area contributed by atoms with Gasteiger partial charge in [-0.2, -0.15) is 8.78 Å². The van der Waals surface area contributed by atoms with Gasteiger partial charge in [-0.3, -0.25) is 0 Å². The Morgan fingerprint density at radius 3 is 2.11 bits per heavy atom. The molecule has 0 aromatic heterocycles. The minimum atomic E-state index is -2.97. The molecule has 0 fully saturated rings. The van der Waals surface area contributed by atoms with Crippen LogP contribution in [0.25, 0.3) is 0 Å². The van der Waals surface area contributed by atoms with Crippen molar-refractivity contribution in [2.45, 2.75) is 32.6 Å². The minimum absolute atomic E-state index is 0.000926. The Kier molecular flexibility index (Phi) is 6.10. The van der Waals surface area contributed by atoms with Gasteiger partial charge in [-0.25, -0.2) is 0 Å². The molecule has 1 N–H and O–H groups in total. The molecule has 0 saturated heterocycles. The van der Waals surface area contributed by atoms with Crippen molar-refractivity contribution in [3.8, 4) is 5.75 Å². The Hall–Kier alpha value is -0.780. The average molecular weight is 314 g/mol. The topological polar surface area (TPSA) is 30.5 Å². The van der Waals surface area contributed by atoms with Gasteiger partial charge in [-0.15, -0.1) is 0 Å². The lowest BCUT2D eigenvalue weighted by atomic mass is 10.2. The summed E-state index contributed by atoms with van der Waals surface area (Å²) in [7, 11) is 1.60. The quantitative estimate of drug-likeness (QED) is 0.842. The first kappa shape index (κ1) is 16.3. The zero-order valence-corrected chi connectivity index (χ0v) is 12.2. The largest absolute Gasteiger partial charge is 0.432 e. The van der Waals surface area contributed by atoms with E-state index in [9.17, 15) is 8.78 Å². The molecule has 0 aliphatic heterocycles. The lowest BCUT2D eigenvalue weighted by Crippen LogP contribution is -2.29. The fourth-order valence-electron chi connectivity index (χ4n) is 1.43. The van der Waals surface area contributed by atoms with Gasteiger partial charge < -0.3 is 14.8 Å². The molecule has 0 aliphatic rings. The third kappa shape index (κ3) is 4.67. The van der Waals surface area contributed by atoms with Crippen molar-refractivity contribution < 1.29 is 18.3 Å². The number of anilines is 1. The van der Waals surface area contributed by atoms with Crippen LogP contribution in [0.4, 0.5) is 14.5 Å². The molecule has 1 rings (SSSR count). The molecule has 0 bridgehead atoms. The summed E-state index contributed by atoms with van der Waals surface area (Å²) in [6.45, 7) is 0.843. The molecule has 0 aliphatic carbocycles. The zero-order valence-electron chi connectivity index (χ0n) is 10.7. The van der Waals surface area contributed by atoms with E-state index in [1.165, 1.54) is 12.1 Å². The SMILES string of the molecule is COC(C)C(C)Nc1cc(Cl)c(OC(F)F)c(Cl)c1. The van der Waals surface area contributed by atoms with Gasteiger partial charge in [0.1, 0.15) is 0 Å². The van der Waals surface area contributed by atoms with Crippen molar-refractivity contribution in [1.82, 2.24) is 0 Å².